The smallest absolute Gasteiger partial charge is 0.244 e. The molecule has 2 aromatic rings. The number of hydrogen-bond acceptors (Lipinski definition) is 4. The normalized spacial score (nSPS) is 19.1. The van der Waals surface area contributed by atoms with Crippen LogP contribution in [-0.4, -0.2) is 35.4 Å². The van der Waals surface area contributed by atoms with Crippen LogP contribution < -0.4 is 0 Å². The van der Waals surface area contributed by atoms with Gasteiger partial charge in [0.15, 0.2) is 0 Å². The zero-order chi connectivity index (χ0) is 17.2. The van der Waals surface area contributed by atoms with Crippen LogP contribution >= 0.6 is 0 Å². The van der Waals surface area contributed by atoms with Gasteiger partial charge in [-0.15, -0.1) is 0 Å². The number of sulfonamides is 1. The molecule has 1 aliphatic heterocycles. The average Bonchev–Trinajstić information content (AvgIpc) is 3.10. The van der Waals surface area contributed by atoms with E-state index in [4.69, 9.17) is 0 Å². The van der Waals surface area contributed by atoms with Gasteiger partial charge in [-0.2, -0.15) is 9.57 Å². The van der Waals surface area contributed by atoms with E-state index in [-0.39, 0.29) is 16.4 Å². The van der Waals surface area contributed by atoms with Gasteiger partial charge < -0.3 is 4.57 Å². The summed E-state index contributed by atoms with van der Waals surface area (Å²) in [6.45, 7) is 3.74. The second-order valence-electron chi connectivity index (χ2n) is 5.88. The van der Waals surface area contributed by atoms with Crippen molar-refractivity contribution in [2.24, 2.45) is 0 Å². The molecule has 1 saturated heterocycles. The molecule has 3 rings (SSSR count). The van der Waals surface area contributed by atoms with Crippen LogP contribution in [0.5, 0.6) is 0 Å². The van der Waals surface area contributed by atoms with Crippen molar-refractivity contribution in [1.29, 1.82) is 5.26 Å². The first-order valence-electron chi connectivity index (χ1n) is 8.08. The Hall–Kier alpha value is -2.17. The first-order chi connectivity index (χ1) is 11.6. The lowest BCUT2D eigenvalue weighted by molar-refractivity contribution is 0.305. The van der Waals surface area contributed by atoms with E-state index in [1.165, 1.54) is 16.4 Å². The first kappa shape index (κ1) is 16.7. The van der Waals surface area contributed by atoms with Crippen LogP contribution in [0.3, 0.4) is 0 Å². The summed E-state index contributed by atoms with van der Waals surface area (Å²) in [6.07, 6.45) is 5.39. The van der Waals surface area contributed by atoms with Crippen LogP contribution in [0.25, 0.3) is 0 Å². The molecule has 24 heavy (non-hydrogen) atoms. The van der Waals surface area contributed by atoms with Crippen LogP contribution in [0, 0.1) is 11.3 Å². The van der Waals surface area contributed by atoms with Crippen LogP contribution in [0.1, 0.15) is 37.1 Å². The van der Waals surface area contributed by atoms with Gasteiger partial charge in [0.25, 0.3) is 0 Å². The highest BCUT2D eigenvalue weighted by molar-refractivity contribution is 7.89. The second kappa shape index (κ2) is 6.75. The van der Waals surface area contributed by atoms with E-state index in [0.717, 1.165) is 25.2 Å². The molecule has 0 radical (unpaired) electrons. The van der Waals surface area contributed by atoms with Crippen LogP contribution in [-0.2, 0) is 16.6 Å². The lowest BCUT2D eigenvalue weighted by atomic mass is 9.99. The van der Waals surface area contributed by atoms with Gasteiger partial charge in [-0.3, -0.25) is 0 Å². The van der Waals surface area contributed by atoms with Gasteiger partial charge in [-0.1, -0.05) is 12.1 Å². The van der Waals surface area contributed by atoms with Crippen molar-refractivity contribution in [3.63, 3.8) is 0 Å². The van der Waals surface area contributed by atoms with Gasteiger partial charge in [0.2, 0.25) is 10.0 Å². The molecular weight excluding hydrogens is 324 g/mol. The molecule has 2 heterocycles. The molecule has 1 fully saturated rings. The van der Waals surface area contributed by atoms with E-state index in [2.05, 4.69) is 9.55 Å². The standard InChI is InChI=1S/C17H20N4O2S/c1-2-20-11-9-19-17(20)15-7-5-10-21(13-15)24(22,23)16-8-4-3-6-14(16)12-18/h3-4,6,8-9,11,15H,2,5,7,10,13H2,1H3. The van der Waals surface area contributed by atoms with Crippen molar-refractivity contribution >= 4 is 10.0 Å². The molecule has 1 aromatic carbocycles. The van der Waals surface area contributed by atoms with Crippen molar-refractivity contribution in [3.8, 4) is 6.07 Å². The topological polar surface area (TPSA) is 79.0 Å². The third kappa shape index (κ3) is 2.95. The molecule has 0 spiro atoms. The number of hydrogen-bond donors (Lipinski definition) is 0. The number of nitriles is 1. The molecule has 7 heteroatoms. The predicted molar refractivity (Wildman–Crippen MR) is 89.8 cm³/mol. The summed E-state index contributed by atoms with van der Waals surface area (Å²) in [7, 11) is -3.67. The highest BCUT2D eigenvalue weighted by Gasteiger charge is 2.33. The van der Waals surface area contributed by atoms with Gasteiger partial charge in [0, 0.05) is 37.9 Å². The molecule has 0 amide bonds. The highest BCUT2D eigenvalue weighted by atomic mass is 32.2. The molecule has 0 aliphatic carbocycles. The van der Waals surface area contributed by atoms with Crippen LogP contribution in [0.4, 0.5) is 0 Å². The fourth-order valence-electron chi connectivity index (χ4n) is 3.24. The minimum atomic E-state index is -3.67. The Labute approximate surface area is 142 Å². The minimum absolute atomic E-state index is 0.0812. The SMILES string of the molecule is CCn1ccnc1C1CCCN(S(=O)(=O)c2ccccc2C#N)C1. The Bertz CT molecular complexity index is 867. The number of rotatable bonds is 4. The predicted octanol–water partition coefficient (Wildman–Crippen LogP) is 2.34. The number of imidazole rings is 1. The molecule has 0 N–H and O–H groups in total. The summed E-state index contributed by atoms with van der Waals surface area (Å²) >= 11 is 0. The summed E-state index contributed by atoms with van der Waals surface area (Å²) in [4.78, 5) is 4.51. The van der Waals surface area contributed by atoms with E-state index in [0.29, 0.717) is 13.1 Å². The first-order valence-corrected chi connectivity index (χ1v) is 9.52. The van der Waals surface area contributed by atoms with Gasteiger partial charge in [-0.05, 0) is 31.9 Å². The Balaban J connectivity index is 1.91. The molecular formula is C17H20N4O2S. The highest BCUT2D eigenvalue weighted by Crippen LogP contribution is 2.30. The van der Waals surface area contributed by atoms with E-state index < -0.39 is 10.0 Å². The summed E-state index contributed by atoms with van der Waals surface area (Å²) in [5.74, 6) is 1.02. The maximum atomic E-state index is 13.0. The van der Waals surface area contributed by atoms with E-state index >= 15 is 0 Å². The second-order valence-corrected chi connectivity index (χ2v) is 7.79. The Morgan fingerprint density at radius 3 is 2.92 bits per heavy atom. The van der Waals surface area contributed by atoms with Crippen molar-refractivity contribution < 1.29 is 8.42 Å². The Morgan fingerprint density at radius 1 is 1.38 bits per heavy atom. The quantitative estimate of drug-likeness (QED) is 0.853. The van der Waals surface area contributed by atoms with Gasteiger partial charge in [0.05, 0.1) is 10.5 Å². The molecule has 0 saturated carbocycles. The summed E-state index contributed by atoms with van der Waals surface area (Å²) in [5, 5.41) is 9.20. The van der Waals surface area contributed by atoms with Gasteiger partial charge in [-0.25, -0.2) is 13.4 Å². The number of nitrogens with zero attached hydrogens (tertiary/aromatic N) is 4. The van der Waals surface area contributed by atoms with Gasteiger partial charge >= 0.3 is 0 Å². The molecule has 126 valence electrons. The Morgan fingerprint density at radius 2 is 2.17 bits per heavy atom. The minimum Gasteiger partial charge on any atom is -0.335 e. The zero-order valence-electron chi connectivity index (χ0n) is 13.6. The molecule has 0 bridgehead atoms. The van der Waals surface area contributed by atoms with Crippen LogP contribution in [0.15, 0.2) is 41.6 Å². The van der Waals surface area contributed by atoms with E-state index in [9.17, 15) is 13.7 Å². The summed E-state index contributed by atoms with van der Waals surface area (Å²) in [6, 6.07) is 8.35. The van der Waals surface area contributed by atoms with E-state index in [1.807, 2.05) is 19.2 Å². The maximum absolute atomic E-state index is 13.0. The molecule has 1 unspecified atom stereocenters. The number of aromatic nitrogens is 2. The number of aryl methyl sites for hydroxylation is 1. The lowest BCUT2D eigenvalue weighted by Crippen LogP contribution is -2.40. The molecule has 1 aromatic heterocycles. The third-order valence-corrected chi connectivity index (χ3v) is 6.39. The largest absolute Gasteiger partial charge is 0.335 e. The lowest BCUT2D eigenvalue weighted by Gasteiger charge is -2.32. The molecule has 6 nitrogen and oxygen atoms in total. The van der Waals surface area contributed by atoms with Crippen molar-refractivity contribution in [2.75, 3.05) is 13.1 Å². The number of benzene rings is 1. The molecule has 1 aliphatic rings. The fourth-order valence-corrected chi connectivity index (χ4v) is 4.91. The average molecular weight is 344 g/mol. The van der Waals surface area contributed by atoms with Gasteiger partial charge in [0.1, 0.15) is 11.9 Å². The monoisotopic (exact) mass is 344 g/mol. The number of piperidine rings is 1. The van der Waals surface area contributed by atoms with Crippen molar-refractivity contribution in [1.82, 2.24) is 13.9 Å². The third-order valence-electron chi connectivity index (χ3n) is 4.46. The maximum Gasteiger partial charge on any atom is 0.244 e. The summed E-state index contributed by atoms with van der Waals surface area (Å²) in [5.41, 5.74) is 0.190. The zero-order valence-corrected chi connectivity index (χ0v) is 14.4. The summed E-state index contributed by atoms with van der Waals surface area (Å²) < 4.78 is 29.5. The van der Waals surface area contributed by atoms with Crippen LogP contribution in [0.2, 0.25) is 0 Å². The fraction of sp³-hybridized carbons (Fsp3) is 0.412. The van der Waals surface area contributed by atoms with Crippen molar-refractivity contribution in [2.45, 2.75) is 37.1 Å². The Kier molecular flexibility index (Phi) is 4.69. The molecule has 1 atom stereocenters. The van der Waals surface area contributed by atoms with Crippen molar-refractivity contribution in [3.05, 3.63) is 48.0 Å². The van der Waals surface area contributed by atoms with E-state index in [1.54, 1.807) is 18.3 Å².